The van der Waals surface area contributed by atoms with Gasteiger partial charge in [-0.25, -0.2) is 8.42 Å². The van der Waals surface area contributed by atoms with Crippen LogP contribution >= 0.6 is 0 Å². The Morgan fingerprint density at radius 3 is 2.15 bits per heavy atom. The number of hydrogen-bond donors (Lipinski definition) is 1. The summed E-state index contributed by atoms with van der Waals surface area (Å²) in [6.07, 6.45) is 0. The Balaban J connectivity index is 1.77. The van der Waals surface area contributed by atoms with E-state index < -0.39 is 10.0 Å². The highest BCUT2D eigenvalue weighted by atomic mass is 32.2. The van der Waals surface area contributed by atoms with Crippen molar-refractivity contribution in [1.82, 2.24) is 9.29 Å². The lowest BCUT2D eigenvalue weighted by atomic mass is 10.0. The fourth-order valence-corrected chi connectivity index (χ4v) is 5.26. The molecule has 0 fully saturated rings. The van der Waals surface area contributed by atoms with E-state index in [1.807, 2.05) is 45.0 Å². The van der Waals surface area contributed by atoms with Crippen LogP contribution in [0.15, 0.2) is 76.4 Å². The van der Waals surface area contributed by atoms with Gasteiger partial charge >= 0.3 is 0 Å². The summed E-state index contributed by atoms with van der Waals surface area (Å²) in [4.78, 5) is 16.0. The normalized spacial score (nSPS) is 11.8. The van der Waals surface area contributed by atoms with Crippen molar-refractivity contribution in [3.05, 3.63) is 105 Å². The van der Waals surface area contributed by atoms with Crippen LogP contribution in [0.3, 0.4) is 0 Å². The topological polar surface area (TPSA) is 79.5 Å². The molecule has 0 atom stereocenters. The molecular weight excluding hydrogens is 448 g/mol. The zero-order valence-electron chi connectivity index (χ0n) is 19.8. The quantitative estimate of drug-likeness (QED) is 0.413. The molecular formula is C27H28N2O4S. The fraction of sp³-hybridized carbons (Fsp3) is 0.222. The number of aromatic amines is 1. The van der Waals surface area contributed by atoms with Crippen LogP contribution in [0.4, 0.5) is 0 Å². The monoisotopic (exact) mass is 476 g/mol. The van der Waals surface area contributed by atoms with E-state index in [9.17, 15) is 13.2 Å². The van der Waals surface area contributed by atoms with Crippen LogP contribution in [0.25, 0.3) is 10.9 Å². The number of nitrogens with zero attached hydrogens (tertiary/aromatic N) is 1. The Morgan fingerprint density at radius 1 is 0.853 bits per heavy atom. The molecule has 34 heavy (non-hydrogen) atoms. The minimum Gasteiger partial charge on any atom is -0.497 e. The summed E-state index contributed by atoms with van der Waals surface area (Å²) in [7, 11) is -2.28. The number of nitrogens with one attached hydrogen (secondary N) is 1. The molecule has 0 radical (unpaired) electrons. The van der Waals surface area contributed by atoms with Crippen LogP contribution in [-0.4, -0.2) is 24.8 Å². The number of ether oxygens (including phenoxy) is 1. The van der Waals surface area contributed by atoms with Gasteiger partial charge < -0.3 is 9.72 Å². The first-order valence-electron chi connectivity index (χ1n) is 11.0. The Bertz CT molecular complexity index is 1490. The van der Waals surface area contributed by atoms with E-state index in [2.05, 4.69) is 4.98 Å². The number of rotatable bonds is 7. The molecule has 0 saturated carbocycles. The third kappa shape index (κ3) is 4.90. The Hall–Kier alpha value is -3.42. The Kier molecular flexibility index (Phi) is 6.59. The highest BCUT2D eigenvalue weighted by molar-refractivity contribution is 7.89. The number of aryl methyl sites for hydroxylation is 3. The lowest BCUT2D eigenvalue weighted by Crippen LogP contribution is -2.32. The maximum Gasteiger partial charge on any atom is 0.252 e. The molecule has 176 valence electrons. The van der Waals surface area contributed by atoms with E-state index in [0.717, 1.165) is 33.2 Å². The van der Waals surface area contributed by atoms with Gasteiger partial charge in [0.05, 0.1) is 12.0 Å². The van der Waals surface area contributed by atoms with Crippen molar-refractivity contribution in [3.63, 3.8) is 0 Å². The van der Waals surface area contributed by atoms with Crippen LogP contribution < -0.4 is 10.3 Å². The van der Waals surface area contributed by atoms with E-state index in [-0.39, 0.29) is 23.5 Å². The maximum atomic E-state index is 13.6. The number of H-pyrrole nitrogens is 1. The van der Waals surface area contributed by atoms with E-state index in [0.29, 0.717) is 11.3 Å². The van der Waals surface area contributed by atoms with Gasteiger partial charge in [0, 0.05) is 24.2 Å². The second kappa shape index (κ2) is 9.44. The maximum absolute atomic E-state index is 13.6. The molecule has 4 aromatic rings. The van der Waals surface area contributed by atoms with E-state index >= 15 is 0 Å². The van der Waals surface area contributed by atoms with Crippen molar-refractivity contribution in [2.75, 3.05) is 7.11 Å². The minimum absolute atomic E-state index is 0.0551. The molecule has 0 amide bonds. The van der Waals surface area contributed by atoms with Gasteiger partial charge in [-0.3, -0.25) is 4.79 Å². The lowest BCUT2D eigenvalue weighted by molar-refractivity contribution is 0.398. The molecule has 0 spiro atoms. The largest absolute Gasteiger partial charge is 0.497 e. The van der Waals surface area contributed by atoms with Gasteiger partial charge in [-0.05, 0) is 85.3 Å². The number of methoxy groups -OCH3 is 1. The third-order valence-corrected chi connectivity index (χ3v) is 7.86. The van der Waals surface area contributed by atoms with Gasteiger partial charge in [0.2, 0.25) is 10.0 Å². The standard InChI is InChI=1S/C27H28N2O4S/c1-18-5-11-25(12-6-18)34(31,32)29(16-21-7-9-24(33-4)10-8-21)17-23-15-22-13-19(2)20(3)14-26(22)28-27(23)30/h5-15H,16-17H2,1-4H3,(H,28,30). The van der Waals surface area contributed by atoms with Crippen LogP contribution in [0, 0.1) is 20.8 Å². The van der Waals surface area contributed by atoms with Gasteiger partial charge in [0.1, 0.15) is 5.75 Å². The highest BCUT2D eigenvalue weighted by Gasteiger charge is 2.26. The number of sulfonamides is 1. The number of fused-ring (bicyclic) bond motifs is 1. The molecule has 3 aromatic carbocycles. The number of pyridine rings is 1. The predicted octanol–water partition coefficient (Wildman–Crippen LogP) is 4.85. The summed E-state index contributed by atoms with van der Waals surface area (Å²) in [5.41, 5.74) is 4.78. The molecule has 0 aliphatic carbocycles. The van der Waals surface area contributed by atoms with Gasteiger partial charge in [0.25, 0.3) is 5.56 Å². The summed E-state index contributed by atoms with van der Waals surface area (Å²) < 4.78 is 33.8. The van der Waals surface area contributed by atoms with E-state index in [1.54, 1.807) is 49.6 Å². The molecule has 1 N–H and O–H groups in total. The SMILES string of the molecule is COc1ccc(CN(Cc2cc3cc(C)c(C)cc3[nH]c2=O)S(=O)(=O)c2ccc(C)cc2)cc1. The number of aromatic nitrogens is 1. The van der Waals surface area contributed by atoms with E-state index in [1.165, 1.54) is 4.31 Å². The van der Waals surface area contributed by atoms with Crippen LogP contribution in [0.1, 0.15) is 27.8 Å². The zero-order valence-corrected chi connectivity index (χ0v) is 20.6. The highest BCUT2D eigenvalue weighted by Crippen LogP contribution is 2.24. The molecule has 6 nitrogen and oxygen atoms in total. The van der Waals surface area contributed by atoms with Crippen LogP contribution in [0.2, 0.25) is 0 Å². The average molecular weight is 477 g/mol. The first kappa shape index (κ1) is 23.7. The first-order valence-corrected chi connectivity index (χ1v) is 12.4. The second-order valence-electron chi connectivity index (χ2n) is 8.58. The summed E-state index contributed by atoms with van der Waals surface area (Å²) in [6, 6.07) is 19.7. The van der Waals surface area contributed by atoms with E-state index in [4.69, 9.17) is 4.74 Å². The number of hydrogen-bond acceptors (Lipinski definition) is 4. The van der Waals surface area contributed by atoms with Crippen LogP contribution in [-0.2, 0) is 23.1 Å². The third-order valence-electron chi connectivity index (χ3n) is 6.06. The lowest BCUT2D eigenvalue weighted by Gasteiger charge is -2.23. The molecule has 4 rings (SSSR count). The smallest absolute Gasteiger partial charge is 0.252 e. The zero-order chi connectivity index (χ0) is 24.5. The van der Waals surface area contributed by atoms with Gasteiger partial charge in [-0.2, -0.15) is 4.31 Å². The molecule has 1 heterocycles. The van der Waals surface area contributed by atoms with Crippen molar-refractivity contribution in [1.29, 1.82) is 0 Å². The summed E-state index contributed by atoms with van der Waals surface area (Å²) in [5, 5.41) is 0.870. The van der Waals surface area contributed by atoms with Crippen molar-refractivity contribution < 1.29 is 13.2 Å². The van der Waals surface area contributed by atoms with Gasteiger partial charge in [-0.15, -0.1) is 0 Å². The minimum atomic E-state index is -3.87. The van der Waals surface area contributed by atoms with Crippen molar-refractivity contribution in [2.45, 2.75) is 38.8 Å². The summed E-state index contributed by atoms with van der Waals surface area (Å²) in [5.74, 6) is 0.688. The van der Waals surface area contributed by atoms with Crippen molar-refractivity contribution in [3.8, 4) is 5.75 Å². The molecule has 0 aliphatic heterocycles. The molecule has 0 saturated heterocycles. The fourth-order valence-electron chi connectivity index (χ4n) is 3.85. The van der Waals surface area contributed by atoms with Gasteiger partial charge in [-0.1, -0.05) is 29.8 Å². The van der Waals surface area contributed by atoms with Crippen molar-refractivity contribution >= 4 is 20.9 Å². The van der Waals surface area contributed by atoms with Gasteiger partial charge in [0.15, 0.2) is 0 Å². The van der Waals surface area contributed by atoms with Crippen LogP contribution in [0.5, 0.6) is 5.75 Å². The predicted molar refractivity (Wildman–Crippen MR) is 135 cm³/mol. The molecule has 0 aliphatic rings. The summed E-state index contributed by atoms with van der Waals surface area (Å²) in [6.45, 7) is 5.97. The Labute approximate surface area is 199 Å². The molecule has 0 unspecified atom stereocenters. The average Bonchev–Trinajstić information content (AvgIpc) is 2.81. The number of benzene rings is 3. The molecule has 1 aromatic heterocycles. The Morgan fingerprint density at radius 2 is 1.50 bits per heavy atom. The van der Waals surface area contributed by atoms with Crippen molar-refractivity contribution in [2.24, 2.45) is 0 Å². The second-order valence-corrected chi connectivity index (χ2v) is 10.5. The first-order chi connectivity index (χ1) is 16.2. The summed E-state index contributed by atoms with van der Waals surface area (Å²) >= 11 is 0. The molecule has 0 bridgehead atoms. The molecule has 7 heteroatoms.